The second-order valence-corrected chi connectivity index (χ2v) is 4.69. The smallest absolute Gasteiger partial charge is 0.339 e. The number of carbonyl (C=O) groups is 1. The molecule has 0 aliphatic rings. The van der Waals surface area contributed by atoms with E-state index in [2.05, 4.69) is 9.97 Å². The molecule has 1 aromatic heterocycles. The van der Waals surface area contributed by atoms with E-state index in [0.29, 0.717) is 11.1 Å². The summed E-state index contributed by atoms with van der Waals surface area (Å²) in [5.41, 5.74) is 1.18. The molecule has 6 nitrogen and oxygen atoms in total. The van der Waals surface area contributed by atoms with Crippen LogP contribution in [0.25, 0.3) is 11.6 Å². The second kappa shape index (κ2) is 6.65. The highest BCUT2D eigenvalue weighted by Crippen LogP contribution is 2.17. The van der Waals surface area contributed by atoms with Crippen molar-refractivity contribution in [2.45, 2.75) is 0 Å². The summed E-state index contributed by atoms with van der Waals surface area (Å²) < 4.78 is 4.85. The molecule has 0 fully saturated rings. The lowest BCUT2D eigenvalue weighted by Gasteiger charge is -2.06. The molecule has 0 amide bonds. The Morgan fingerprint density at radius 1 is 1.32 bits per heavy atom. The lowest BCUT2D eigenvalue weighted by atomic mass is 10.1. The van der Waals surface area contributed by atoms with Crippen LogP contribution >= 0.6 is 12.2 Å². The number of esters is 1. The third-order valence-electron chi connectivity index (χ3n) is 2.81. The fourth-order valence-corrected chi connectivity index (χ4v) is 2.00. The van der Waals surface area contributed by atoms with Gasteiger partial charge in [-0.2, -0.15) is 5.26 Å². The van der Waals surface area contributed by atoms with Crippen LogP contribution in [0.2, 0.25) is 0 Å². The molecule has 0 radical (unpaired) electrons. The third-order valence-corrected chi connectivity index (χ3v) is 3.01. The molecule has 0 aliphatic carbocycles. The molecule has 22 heavy (non-hydrogen) atoms. The zero-order chi connectivity index (χ0) is 16.1. The van der Waals surface area contributed by atoms with Gasteiger partial charge in [0.15, 0.2) is 4.77 Å². The van der Waals surface area contributed by atoms with Crippen molar-refractivity contribution in [2.75, 3.05) is 7.11 Å². The predicted molar refractivity (Wildman–Crippen MR) is 83.3 cm³/mol. The van der Waals surface area contributed by atoms with Crippen molar-refractivity contribution >= 4 is 29.8 Å². The van der Waals surface area contributed by atoms with Crippen LogP contribution in [-0.2, 0) is 9.53 Å². The highest BCUT2D eigenvalue weighted by atomic mass is 32.1. The van der Waals surface area contributed by atoms with Gasteiger partial charge < -0.3 is 9.72 Å². The maximum atomic E-state index is 12.0. The van der Waals surface area contributed by atoms with Gasteiger partial charge in [0.25, 0.3) is 5.56 Å². The van der Waals surface area contributed by atoms with Gasteiger partial charge in [0.2, 0.25) is 0 Å². The third kappa shape index (κ3) is 3.56. The first-order valence-electron chi connectivity index (χ1n) is 6.17. The first-order chi connectivity index (χ1) is 10.5. The topological polar surface area (TPSA) is 98.7 Å². The van der Waals surface area contributed by atoms with Gasteiger partial charge >= 0.3 is 5.97 Å². The zero-order valence-corrected chi connectivity index (χ0v) is 12.4. The van der Waals surface area contributed by atoms with E-state index in [1.807, 2.05) is 6.07 Å². The van der Waals surface area contributed by atoms with Gasteiger partial charge in [-0.1, -0.05) is 12.1 Å². The summed E-state index contributed by atoms with van der Waals surface area (Å²) in [4.78, 5) is 28.6. The number of hydrogen-bond donors (Lipinski definition) is 2. The largest absolute Gasteiger partial charge is 0.465 e. The summed E-state index contributed by atoms with van der Waals surface area (Å²) in [6.45, 7) is 0. The monoisotopic (exact) mass is 313 g/mol. The van der Waals surface area contributed by atoms with Crippen molar-refractivity contribution < 1.29 is 9.53 Å². The molecule has 7 heteroatoms. The van der Waals surface area contributed by atoms with Crippen LogP contribution < -0.4 is 5.56 Å². The van der Waals surface area contributed by atoms with Crippen LogP contribution in [0.15, 0.2) is 35.1 Å². The minimum Gasteiger partial charge on any atom is -0.465 e. The predicted octanol–water partition coefficient (Wildman–Crippen LogP) is 2.02. The van der Waals surface area contributed by atoms with Gasteiger partial charge in [-0.05, 0) is 36.0 Å². The van der Waals surface area contributed by atoms with E-state index in [0.717, 1.165) is 0 Å². The Morgan fingerprint density at radius 3 is 2.55 bits per heavy atom. The summed E-state index contributed by atoms with van der Waals surface area (Å²) >= 11 is 4.90. The van der Waals surface area contributed by atoms with Gasteiger partial charge in [-0.3, -0.25) is 9.78 Å². The number of nitrogens with zero attached hydrogens (tertiary/aromatic N) is 1. The van der Waals surface area contributed by atoms with Crippen molar-refractivity contribution in [1.82, 2.24) is 9.97 Å². The van der Waals surface area contributed by atoms with Crippen LogP contribution in [0.3, 0.4) is 0 Å². The molecular formula is C15H11N3O3S. The first kappa shape index (κ1) is 15.4. The summed E-state index contributed by atoms with van der Waals surface area (Å²) in [7, 11) is 1.25. The maximum Gasteiger partial charge on any atom is 0.339 e. The van der Waals surface area contributed by atoms with Crippen LogP contribution in [-0.4, -0.2) is 23.0 Å². The molecule has 0 unspecified atom stereocenters. The van der Waals surface area contributed by atoms with Crippen molar-refractivity contribution in [3.05, 3.63) is 62.3 Å². The molecular weight excluding hydrogens is 302 g/mol. The van der Waals surface area contributed by atoms with E-state index in [9.17, 15) is 9.59 Å². The van der Waals surface area contributed by atoms with Gasteiger partial charge in [-0.15, -0.1) is 0 Å². The normalized spacial score (nSPS) is 10.8. The highest BCUT2D eigenvalue weighted by molar-refractivity contribution is 7.71. The minimum absolute atomic E-state index is 0.108. The molecule has 0 atom stereocenters. The number of aromatic amines is 2. The molecule has 2 aromatic rings. The average Bonchev–Trinajstić information content (AvgIpc) is 2.51. The number of H-pyrrole nitrogens is 2. The van der Waals surface area contributed by atoms with Gasteiger partial charge in [0, 0.05) is 6.07 Å². The van der Waals surface area contributed by atoms with Gasteiger partial charge in [0.1, 0.15) is 0 Å². The zero-order valence-electron chi connectivity index (χ0n) is 11.5. The fraction of sp³-hybridized carbons (Fsp3) is 0.0667. The average molecular weight is 313 g/mol. The van der Waals surface area contributed by atoms with Crippen LogP contribution in [0, 0.1) is 16.1 Å². The minimum atomic E-state index is -0.611. The lowest BCUT2D eigenvalue weighted by molar-refractivity contribution is -0.133. The van der Waals surface area contributed by atoms with E-state index in [-0.39, 0.29) is 16.0 Å². The number of nitriles is 1. The molecule has 2 rings (SSSR count). The number of carbonyl (C=O) groups excluding carboxylic acids is 1. The van der Waals surface area contributed by atoms with Crippen LogP contribution in [0.4, 0.5) is 0 Å². The van der Waals surface area contributed by atoms with Crippen molar-refractivity contribution in [1.29, 1.82) is 5.26 Å². The molecule has 1 heterocycles. The van der Waals surface area contributed by atoms with Crippen LogP contribution in [0.5, 0.6) is 0 Å². The summed E-state index contributed by atoms with van der Waals surface area (Å²) in [5, 5.41) is 8.78. The Balaban J connectivity index is 2.56. The maximum absolute atomic E-state index is 12.0. The SMILES string of the molecule is COC(=O)/C(=C\c1ccc(C#N)cc1)c1cc(=O)[nH]c(=S)[nH]1. The molecule has 2 N–H and O–H groups in total. The Labute approximate surface area is 130 Å². The number of benzene rings is 1. The molecule has 0 aliphatic heterocycles. The van der Waals surface area contributed by atoms with E-state index in [1.54, 1.807) is 30.3 Å². The number of nitrogens with one attached hydrogen (secondary N) is 2. The number of hydrogen-bond acceptors (Lipinski definition) is 5. The van der Waals surface area contributed by atoms with Crippen molar-refractivity contribution in [3.8, 4) is 6.07 Å². The lowest BCUT2D eigenvalue weighted by Crippen LogP contribution is -2.12. The molecule has 0 bridgehead atoms. The Hall–Kier alpha value is -2.98. The molecule has 110 valence electrons. The Bertz CT molecular complexity index is 857. The molecule has 1 aromatic carbocycles. The van der Waals surface area contributed by atoms with E-state index < -0.39 is 11.5 Å². The standard InChI is InChI=1S/C15H11N3O3S/c1-21-14(20)11(12-7-13(19)18-15(22)17-12)6-9-2-4-10(8-16)5-3-9/h2-7H,1H3,(H2,17,18,19,22)/b11-6-. The van der Waals surface area contributed by atoms with Crippen molar-refractivity contribution in [2.24, 2.45) is 0 Å². The first-order valence-corrected chi connectivity index (χ1v) is 6.58. The van der Waals surface area contributed by atoms with E-state index >= 15 is 0 Å². The molecule has 0 spiro atoms. The highest BCUT2D eigenvalue weighted by Gasteiger charge is 2.14. The van der Waals surface area contributed by atoms with Crippen LogP contribution in [0.1, 0.15) is 16.8 Å². The number of ether oxygens (including phenoxy) is 1. The summed E-state index contributed by atoms with van der Waals surface area (Å²) in [6, 6.07) is 9.85. The fourth-order valence-electron chi connectivity index (χ4n) is 1.79. The van der Waals surface area contributed by atoms with E-state index in [4.69, 9.17) is 22.2 Å². The molecule has 0 saturated carbocycles. The van der Waals surface area contributed by atoms with E-state index in [1.165, 1.54) is 13.2 Å². The van der Waals surface area contributed by atoms with Crippen molar-refractivity contribution in [3.63, 3.8) is 0 Å². The summed E-state index contributed by atoms with van der Waals surface area (Å²) in [5.74, 6) is -0.611. The number of aromatic nitrogens is 2. The molecule has 0 saturated heterocycles. The van der Waals surface area contributed by atoms with Gasteiger partial charge in [0.05, 0.1) is 30.0 Å². The quantitative estimate of drug-likeness (QED) is 0.513. The second-order valence-electron chi connectivity index (χ2n) is 4.28. The van der Waals surface area contributed by atoms with Gasteiger partial charge in [-0.25, -0.2) is 4.79 Å². The Morgan fingerprint density at radius 2 is 2.00 bits per heavy atom. The Kier molecular flexibility index (Phi) is 4.66. The number of rotatable bonds is 3. The number of methoxy groups -OCH3 is 1. The summed E-state index contributed by atoms with van der Waals surface area (Å²) in [6.07, 6.45) is 1.55.